The summed E-state index contributed by atoms with van der Waals surface area (Å²) in [5, 5.41) is 6.35. The maximum Gasteiger partial charge on any atom is 0.230 e. The lowest BCUT2D eigenvalue weighted by atomic mass is 10.0. The molecule has 0 radical (unpaired) electrons. The monoisotopic (exact) mass is 700 g/mol. The molecule has 0 bridgehead atoms. The van der Waals surface area contributed by atoms with E-state index >= 15 is 0 Å². The van der Waals surface area contributed by atoms with Gasteiger partial charge in [-0.25, -0.2) is 4.98 Å². The van der Waals surface area contributed by atoms with Gasteiger partial charge in [0.25, 0.3) is 0 Å². The summed E-state index contributed by atoms with van der Waals surface area (Å²) < 4.78 is 0. The normalized spacial score (nSPS) is 10.2. The van der Waals surface area contributed by atoms with Crippen molar-refractivity contribution < 1.29 is 0 Å². The van der Waals surface area contributed by atoms with Crippen LogP contribution in [0.3, 0.4) is 0 Å². The van der Waals surface area contributed by atoms with Crippen molar-refractivity contribution in [3.05, 3.63) is 147 Å². The summed E-state index contributed by atoms with van der Waals surface area (Å²) >= 11 is 16.0. The molecule has 0 fully saturated rings. The molecule has 0 saturated heterocycles. The van der Waals surface area contributed by atoms with E-state index in [2.05, 4.69) is 76.9 Å². The van der Waals surface area contributed by atoms with Gasteiger partial charge in [0, 0.05) is 29.8 Å². The van der Waals surface area contributed by atoms with Crippen LogP contribution >= 0.6 is 34.8 Å². The number of hydrogen-bond acceptors (Lipinski definition) is 10. The molecule has 2 heterocycles. The van der Waals surface area contributed by atoms with Crippen LogP contribution in [0.5, 0.6) is 0 Å². The van der Waals surface area contributed by atoms with E-state index in [4.69, 9.17) is 46.3 Å². The zero-order chi connectivity index (χ0) is 34.5. The van der Waals surface area contributed by atoms with Crippen LogP contribution in [0.2, 0.25) is 15.9 Å². The number of hydrogen-bond donors (Lipinski definition) is 4. The first kappa shape index (κ1) is 35.8. The number of nitrogens with two attached hydrogens (primary N) is 2. The highest BCUT2D eigenvalue weighted by Gasteiger charge is 2.03. The third-order valence-corrected chi connectivity index (χ3v) is 7.15. The molecule has 246 valence electrons. The Morgan fingerprint density at radius 2 is 0.812 bits per heavy atom. The fourth-order valence-electron chi connectivity index (χ4n) is 4.34. The summed E-state index contributed by atoms with van der Waals surface area (Å²) in [5.41, 5.74) is 20.0. The van der Waals surface area contributed by atoms with Crippen LogP contribution in [-0.4, -0.2) is 37.0 Å². The third-order valence-electron chi connectivity index (χ3n) is 6.64. The van der Waals surface area contributed by atoms with E-state index < -0.39 is 0 Å². The Morgan fingerprint density at radius 1 is 0.479 bits per heavy atom. The Labute approximate surface area is 295 Å². The molecule has 6 aromatic rings. The largest absolute Gasteiger partial charge is 0.399 e. The zero-order valence-corrected chi connectivity index (χ0v) is 28.9. The second-order valence-corrected chi connectivity index (χ2v) is 11.5. The summed E-state index contributed by atoms with van der Waals surface area (Å²) in [7, 11) is 1.93. The van der Waals surface area contributed by atoms with Gasteiger partial charge in [0.05, 0.1) is 0 Å². The maximum absolute atomic E-state index is 5.62. The number of halogens is 3. The summed E-state index contributed by atoms with van der Waals surface area (Å²) in [6, 6.07) is 32.7. The van der Waals surface area contributed by atoms with Gasteiger partial charge in [-0.3, -0.25) is 0 Å². The molecule has 6 N–H and O–H groups in total. The van der Waals surface area contributed by atoms with Crippen LogP contribution in [0.25, 0.3) is 0 Å². The number of nitrogens with one attached hydrogen (secondary N) is 2. The van der Waals surface area contributed by atoms with Crippen molar-refractivity contribution in [2.45, 2.75) is 26.7 Å². The quantitative estimate of drug-likeness (QED) is 0.120. The van der Waals surface area contributed by atoms with Crippen LogP contribution in [-0.2, 0) is 12.8 Å². The molecule has 0 amide bonds. The number of aryl methyl sites for hydroxylation is 2. The highest BCUT2D eigenvalue weighted by molar-refractivity contribution is 6.33. The smallest absolute Gasteiger partial charge is 0.230 e. The first-order chi connectivity index (χ1) is 23.0. The Hall–Kier alpha value is -5.03. The average molecular weight is 702 g/mol. The fraction of sp³-hybridized carbons (Fsp3) is 0.143. The van der Waals surface area contributed by atoms with Gasteiger partial charge >= 0.3 is 0 Å². The number of benzene rings is 4. The van der Waals surface area contributed by atoms with Gasteiger partial charge in [-0.2, -0.15) is 24.9 Å². The predicted molar refractivity (Wildman–Crippen MR) is 197 cm³/mol. The topological polar surface area (TPSA) is 153 Å². The molecule has 0 atom stereocenters. The van der Waals surface area contributed by atoms with Crippen molar-refractivity contribution in [3.8, 4) is 0 Å². The molecule has 4 aromatic carbocycles. The number of nitrogens with zero attached hydrogens (tertiary/aromatic N) is 6. The van der Waals surface area contributed by atoms with Crippen molar-refractivity contribution in [1.29, 1.82) is 0 Å². The Balaban J connectivity index is 0.000000183. The van der Waals surface area contributed by atoms with E-state index in [1.807, 2.05) is 81.6 Å². The average Bonchev–Trinajstić information content (AvgIpc) is 3.04. The molecule has 0 aliphatic heterocycles. The van der Waals surface area contributed by atoms with E-state index in [1.165, 1.54) is 22.3 Å². The molecular formula is C35H35Cl3N10. The summed E-state index contributed by atoms with van der Waals surface area (Å²) in [4.78, 5) is 23.2. The molecular weight excluding hydrogens is 667 g/mol. The van der Waals surface area contributed by atoms with Crippen molar-refractivity contribution in [2.75, 3.05) is 29.1 Å². The van der Waals surface area contributed by atoms with Crippen LogP contribution in [0.1, 0.15) is 33.9 Å². The predicted octanol–water partition coefficient (Wildman–Crippen LogP) is 8.14. The van der Waals surface area contributed by atoms with Crippen LogP contribution in [0.15, 0.2) is 97.1 Å². The molecule has 48 heavy (non-hydrogen) atoms. The lowest BCUT2D eigenvalue weighted by Gasteiger charge is -2.08. The lowest BCUT2D eigenvalue weighted by molar-refractivity contribution is 0.928. The van der Waals surface area contributed by atoms with Gasteiger partial charge in [-0.15, -0.1) is 0 Å². The second-order valence-electron chi connectivity index (χ2n) is 10.5. The molecule has 0 aliphatic carbocycles. The van der Waals surface area contributed by atoms with Crippen molar-refractivity contribution in [3.63, 3.8) is 0 Å². The Kier molecular flexibility index (Phi) is 13.3. The number of rotatable bonds is 7. The second kappa shape index (κ2) is 17.8. The Morgan fingerprint density at radius 3 is 1.17 bits per heavy atom. The van der Waals surface area contributed by atoms with Crippen LogP contribution in [0.4, 0.5) is 28.7 Å². The third kappa shape index (κ3) is 12.3. The fourth-order valence-corrected chi connectivity index (χ4v) is 4.95. The minimum atomic E-state index is 0.000000000000000444. The zero-order valence-electron chi connectivity index (χ0n) is 26.6. The number of aromatic nitrogens is 6. The standard InChI is InChI=1S/C19H21N5.C13H14N2.C3Cl3N3/c1-13-21-14(2)23-19(22-13)24-18-10-6-16(7-11-18)12-15-4-8-17(20-3)9-5-15;14-12-5-1-10(2-6-12)9-11-3-7-13(15)8-4-11;4-1-7-2(5)9-3(6)8-1/h4-11,20H,12H2,1-3H3,(H,21,22,23,24);1-8H,9,14-15H2;. The van der Waals surface area contributed by atoms with Gasteiger partial charge in [-0.05, 0) is 132 Å². The van der Waals surface area contributed by atoms with Gasteiger partial charge in [0.15, 0.2) is 0 Å². The summed E-state index contributed by atoms with van der Waals surface area (Å²) in [6.45, 7) is 3.73. The van der Waals surface area contributed by atoms with Gasteiger partial charge in [-0.1, -0.05) is 48.5 Å². The first-order valence-corrected chi connectivity index (χ1v) is 15.9. The minimum Gasteiger partial charge on any atom is -0.399 e. The van der Waals surface area contributed by atoms with Crippen molar-refractivity contribution >= 4 is 63.5 Å². The molecule has 0 aliphatic rings. The number of anilines is 5. The molecule has 6 rings (SSSR count). The molecule has 13 heteroatoms. The van der Waals surface area contributed by atoms with Crippen molar-refractivity contribution in [1.82, 2.24) is 29.9 Å². The SMILES string of the molecule is CNc1ccc(Cc2ccc(Nc3nc(C)nc(C)n3)cc2)cc1.Clc1nc(Cl)nc(Cl)n1.Nc1ccc(Cc2ccc(N)cc2)cc1. The molecule has 0 unspecified atom stereocenters. The molecule has 2 aromatic heterocycles. The highest BCUT2D eigenvalue weighted by atomic mass is 35.5. The molecule has 0 spiro atoms. The summed E-state index contributed by atoms with van der Waals surface area (Å²) in [6.07, 6.45) is 1.83. The van der Waals surface area contributed by atoms with E-state index in [0.717, 1.165) is 35.6 Å². The Bertz CT molecular complexity index is 1770. The van der Waals surface area contributed by atoms with E-state index in [-0.39, 0.29) is 15.9 Å². The first-order valence-electron chi connectivity index (χ1n) is 14.8. The van der Waals surface area contributed by atoms with Gasteiger partial charge < -0.3 is 22.1 Å². The van der Waals surface area contributed by atoms with Crippen molar-refractivity contribution in [2.24, 2.45) is 0 Å². The highest BCUT2D eigenvalue weighted by Crippen LogP contribution is 2.18. The summed E-state index contributed by atoms with van der Waals surface area (Å²) in [5.74, 6) is 2.01. The lowest BCUT2D eigenvalue weighted by Crippen LogP contribution is -2.02. The molecule has 10 nitrogen and oxygen atoms in total. The van der Waals surface area contributed by atoms with E-state index in [0.29, 0.717) is 17.6 Å². The van der Waals surface area contributed by atoms with Crippen LogP contribution in [0, 0.1) is 13.8 Å². The van der Waals surface area contributed by atoms with E-state index in [1.54, 1.807) is 0 Å². The van der Waals surface area contributed by atoms with E-state index in [9.17, 15) is 0 Å². The molecule has 0 saturated carbocycles. The van der Waals surface area contributed by atoms with Crippen LogP contribution < -0.4 is 22.1 Å². The van der Waals surface area contributed by atoms with Gasteiger partial charge in [0.2, 0.25) is 21.8 Å². The maximum atomic E-state index is 5.62. The minimum absolute atomic E-state index is 0.000000000000000444. The van der Waals surface area contributed by atoms with Gasteiger partial charge in [0.1, 0.15) is 11.6 Å². The number of nitrogen functional groups attached to an aromatic ring is 2.